The normalized spacial score (nSPS) is 13.2. The number of anilines is 2. The largest absolute Gasteiger partial charge is 0.386 e. The smallest absolute Gasteiger partial charge is 0.163 e. The third-order valence-corrected chi connectivity index (χ3v) is 8.05. The Balaban J connectivity index is 1.92. The average Bonchev–Trinajstić information content (AvgIpc) is 2.68. The Morgan fingerprint density at radius 2 is 2.00 bits per heavy atom. The van der Waals surface area contributed by atoms with Gasteiger partial charge in [-0.25, -0.2) is 27.8 Å². The minimum absolute atomic E-state index is 0.210. The Morgan fingerprint density at radius 1 is 1.29 bits per heavy atom. The number of rotatable bonds is 7. The van der Waals surface area contributed by atoms with E-state index in [1.165, 1.54) is 44.6 Å². The SMILES string of the molecule is C[C@H](CS(=O)(=O)C(C)(C)C(=N)N)c1cc(Nc2ncnc3cc(Cl)cnc23)ccc1F. The number of nitrogens with zero attached hydrogens (tertiary/aromatic N) is 3. The standard InChI is InChI=1S/C20H22ClFN6O2S/c1-11(9-31(29,30)20(2,3)19(23)24)14-7-13(4-5-15(14)22)28-18-17-16(26-10-27-18)6-12(21)8-25-17/h4-8,10-11H,9H2,1-3H3,(H3,23,24)(H,26,27,28)/t11-/m1/s1. The fourth-order valence-electron chi connectivity index (χ4n) is 2.94. The lowest BCUT2D eigenvalue weighted by molar-refractivity contribution is 0.564. The summed E-state index contributed by atoms with van der Waals surface area (Å²) in [6, 6.07) is 5.95. The van der Waals surface area contributed by atoms with E-state index in [4.69, 9.17) is 22.7 Å². The molecule has 31 heavy (non-hydrogen) atoms. The maximum Gasteiger partial charge on any atom is 0.163 e. The first-order chi connectivity index (χ1) is 14.4. The van der Waals surface area contributed by atoms with Gasteiger partial charge in [0, 0.05) is 11.9 Å². The monoisotopic (exact) mass is 464 g/mol. The first-order valence-electron chi connectivity index (χ1n) is 9.32. The molecular formula is C20H22ClFN6O2S. The fraction of sp³-hybridized carbons (Fsp3) is 0.300. The quantitative estimate of drug-likeness (QED) is 0.357. The topological polar surface area (TPSA) is 135 Å². The highest BCUT2D eigenvalue weighted by molar-refractivity contribution is 7.93. The number of hydrogen-bond donors (Lipinski definition) is 3. The second-order valence-electron chi connectivity index (χ2n) is 7.71. The molecule has 0 aliphatic rings. The Kier molecular flexibility index (Phi) is 6.15. The molecule has 8 nitrogen and oxygen atoms in total. The number of amidine groups is 1. The van der Waals surface area contributed by atoms with Crippen LogP contribution in [0.25, 0.3) is 11.0 Å². The number of sulfone groups is 1. The molecule has 0 fully saturated rings. The molecule has 0 amide bonds. The van der Waals surface area contributed by atoms with Crippen LogP contribution in [0.2, 0.25) is 5.02 Å². The van der Waals surface area contributed by atoms with Crippen molar-refractivity contribution in [1.29, 1.82) is 5.41 Å². The van der Waals surface area contributed by atoms with Crippen LogP contribution in [0.5, 0.6) is 0 Å². The molecule has 164 valence electrons. The lowest BCUT2D eigenvalue weighted by Gasteiger charge is -2.25. The Bertz CT molecular complexity index is 1270. The maximum absolute atomic E-state index is 14.5. The lowest BCUT2D eigenvalue weighted by atomic mass is 10.0. The van der Waals surface area contributed by atoms with Crippen LogP contribution < -0.4 is 11.1 Å². The van der Waals surface area contributed by atoms with Crippen LogP contribution in [-0.4, -0.2) is 39.7 Å². The number of benzene rings is 1. The van der Waals surface area contributed by atoms with Crippen molar-refractivity contribution in [1.82, 2.24) is 15.0 Å². The summed E-state index contributed by atoms with van der Waals surface area (Å²) in [4.78, 5) is 12.6. The Labute approximate surface area is 184 Å². The number of pyridine rings is 1. The third kappa shape index (κ3) is 4.59. The minimum atomic E-state index is -3.81. The zero-order chi connectivity index (χ0) is 23.0. The van der Waals surface area contributed by atoms with Crippen LogP contribution in [0.4, 0.5) is 15.9 Å². The van der Waals surface area contributed by atoms with E-state index in [0.717, 1.165) is 0 Å². The van der Waals surface area contributed by atoms with E-state index < -0.39 is 32.2 Å². The van der Waals surface area contributed by atoms with Crippen molar-refractivity contribution in [2.45, 2.75) is 31.4 Å². The summed E-state index contributed by atoms with van der Waals surface area (Å²) in [5, 5.41) is 11.1. The van der Waals surface area contributed by atoms with E-state index in [-0.39, 0.29) is 11.3 Å². The number of fused-ring (bicyclic) bond motifs is 1. The summed E-state index contributed by atoms with van der Waals surface area (Å²) in [7, 11) is -3.81. The predicted octanol–water partition coefficient (Wildman–Crippen LogP) is 3.79. The predicted molar refractivity (Wildman–Crippen MR) is 120 cm³/mol. The van der Waals surface area contributed by atoms with Crippen molar-refractivity contribution in [3.63, 3.8) is 0 Å². The molecule has 0 aliphatic carbocycles. The molecule has 0 bridgehead atoms. The molecule has 3 rings (SSSR count). The number of halogens is 2. The van der Waals surface area contributed by atoms with Gasteiger partial charge in [0.05, 0.1) is 16.3 Å². The molecule has 0 unspecified atom stereocenters. The molecule has 0 spiro atoms. The van der Waals surface area contributed by atoms with E-state index >= 15 is 0 Å². The number of nitrogens with one attached hydrogen (secondary N) is 2. The first kappa shape index (κ1) is 22.8. The highest BCUT2D eigenvalue weighted by atomic mass is 35.5. The minimum Gasteiger partial charge on any atom is -0.386 e. The molecule has 0 aliphatic heterocycles. The molecule has 4 N–H and O–H groups in total. The molecule has 0 radical (unpaired) electrons. The third-order valence-electron chi connectivity index (χ3n) is 5.13. The van der Waals surface area contributed by atoms with Gasteiger partial charge in [0.25, 0.3) is 0 Å². The lowest BCUT2D eigenvalue weighted by Crippen LogP contribution is -2.46. The van der Waals surface area contributed by atoms with Crippen LogP contribution in [0, 0.1) is 11.2 Å². The number of hydrogen-bond acceptors (Lipinski definition) is 7. The summed E-state index contributed by atoms with van der Waals surface area (Å²) < 4.78 is 38.5. The molecule has 0 saturated heterocycles. The highest BCUT2D eigenvalue weighted by Crippen LogP contribution is 2.30. The molecule has 2 aromatic heterocycles. The van der Waals surface area contributed by atoms with Crippen LogP contribution in [0.1, 0.15) is 32.3 Å². The summed E-state index contributed by atoms with van der Waals surface area (Å²) in [5.41, 5.74) is 7.20. The zero-order valence-electron chi connectivity index (χ0n) is 17.1. The molecule has 1 atom stereocenters. The summed E-state index contributed by atoms with van der Waals surface area (Å²) in [5.74, 6) is -1.64. The van der Waals surface area contributed by atoms with Gasteiger partial charge in [0.15, 0.2) is 15.7 Å². The van der Waals surface area contributed by atoms with Crippen LogP contribution >= 0.6 is 11.6 Å². The summed E-state index contributed by atoms with van der Waals surface area (Å²) in [6.45, 7) is 4.34. The van der Waals surface area contributed by atoms with E-state index in [1.54, 1.807) is 13.0 Å². The van der Waals surface area contributed by atoms with Crippen molar-refractivity contribution in [2.75, 3.05) is 11.1 Å². The van der Waals surface area contributed by atoms with Gasteiger partial charge in [-0.15, -0.1) is 0 Å². The van der Waals surface area contributed by atoms with Gasteiger partial charge in [-0.2, -0.15) is 0 Å². The second-order valence-corrected chi connectivity index (χ2v) is 10.7. The van der Waals surface area contributed by atoms with Gasteiger partial charge in [-0.05, 0) is 49.6 Å². The number of aromatic nitrogens is 3. The second kappa shape index (κ2) is 8.35. The first-order valence-corrected chi connectivity index (χ1v) is 11.3. The average molecular weight is 465 g/mol. The summed E-state index contributed by atoms with van der Waals surface area (Å²) in [6.07, 6.45) is 2.82. The number of nitrogens with two attached hydrogens (primary N) is 1. The van der Waals surface area contributed by atoms with E-state index in [1.807, 2.05) is 0 Å². The summed E-state index contributed by atoms with van der Waals surface area (Å²) >= 11 is 5.95. The molecular weight excluding hydrogens is 443 g/mol. The maximum atomic E-state index is 14.5. The highest BCUT2D eigenvalue weighted by Gasteiger charge is 2.38. The fourth-order valence-corrected chi connectivity index (χ4v) is 4.68. The molecule has 3 aromatic rings. The van der Waals surface area contributed by atoms with Crippen molar-refractivity contribution >= 4 is 49.8 Å². The van der Waals surface area contributed by atoms with Crippen molar-refractivity contribution in [2.24, 2.45) is 5.73 Å². The zero-order valence-corrected chi connectivity index (χ0v) is 18.7. The van der Waals surface area contributed by atoms with Gasteiger partial charge >= 0.3 is 0 Å². The Morgan fingerprint density at radius 3 is 2.68 bits per heavy atom. The van der Waals surface area contributed by atoms with Crippen molar-refractivity contribution < 1.29 is 12.8 Å². The van der Waals surface area contributed by atoms with Gasteiger partial charge in [-0.3, -0.25) is 5.41 Å². The molecule has 0 saturated carbocycles. The van der Waals surface area contributed by atoms with E-state index in [9.17, 15) is 12.8 Å². The van der Waals surface area contributed by atoms with Gasteiger partial charge in [-0.1, -0.05) is 18.5 Å². The molecule has 2 heterocycles. The Hall–Kier alpha value is -2.85. The van der Waals surface area contributed by atoms with Crippen molar-refractivity contribution in [3.8, 4) is 0 Å². The van der Waals surface area contributed by atoms with E-state index in [2.05, 4.69) is 20.3 Å². The molecule has 11 heteroatoms. The van der Waals surface area contributed by atoms with E-state index in [0.29, 0.717) is 27.6 Å². The molecule has 1 aromatic carbocycles. The van der Waals surface area contributed by atoms with Crippen LogP contribution in [-0.2, 0) is 9.84 Å². The van der Waals surface area contributed by atoms with Gasteiger partial charge in [0.2, 0.25) is 0 Å². The van der Waals surface area contributed by atoms with Crippen LogP contribution in [0.15, 0.2) is 36.8 Å². The van der Waals surface area contributed by atoms with Gasteiger partial charge < -0.3 is 11.1 Å². The van der Waals surface area contributed by atoms with Crippen LogP contribution in [0.3, 0.4) is 0 Å². The van der Waals surface area contributed by atoms with Gasteiger partial charge in [0.1, 0.15) is 28.2 Å². The van der Waals surface area contributed by atoms with Crippen molar-refractivity contribution in [3.05, 3.63) is 53.2 Å².